The smallest absolute Gasteiger partial charge is 0.267 e. The number of hydrogen-bond acceptors (Lipinski definition) is 6. The molecule has 3 N–H and O–H groups in total. The lowest BCUT2D eigenvalue weighted by Gasteiger charge is -2.26. The number of carbonyl (C=O) groups excluding carboxylic acids is 1. The second-order valence-electron chi connectivity index (χ2n) is 5.80. The second-order valence-corrected chi connectivity index (χ2v) is 6.80. The average Bonchev–Trinajstić information content (AvgIpc) is 2.78. The van der Waals surface area contributed by atoms with Gasteiger partial charge in [-0.25, -0.2) is 4.98 Å². The summed E-state index contributed by atoms with van der Waals surface area (Å²) in [6.45, 7) is 6.31. The first kappa shape index (κ1) is 16.0. The summed E-state index contributed by atoms with van der Waals surface area (Å²) in [5.74, 6) is 0.655. The van der Waals surface area contributed by atoms with E-state index in [0.717, 1.165) is 26.1 Å². The summed E-state index contributed by atoms with van der Waals surface area (Å²) in [6, 6.07) is 0.260. The van der Waals surface area contributed by atoms with Gasteiger partial charge in [-0.05, 0) is 32.6 Å². The van der Waals surface area contributed by atoms with E-state index >= 15 is 0 Å². The Labute approximate surface area is 129 Å². The van der Waals surface area contributed by atoms with Gasteiger partial charge >= 0.3 is 0 Å². The first-order valence-electron chi connectivity index (χ1n) is 7.33. The predicted molar refractivity (Wildman–Crippen MR) is 85.8 cm³/mol. The summed E-state index contributed by atoms with van der Waals surface area (Å²) in [6.07, 6.45) is 2.17. The zero-order valence-corrected chi connectivity index (χ0v) is 13.7. The highest BCUT2D eigenvalue weighted by Crippen LogP contribution is 2.27. The van der Waals surface area contributed by atoms with Gasteiger partial charge in [0.1, 0.15) is 10.7 Å². The number of thiazole rings is 1. The summed E-state index contributed by atoms with van der Waals surface area (Å²) < 4.78 is 5.46. The Morgan fingerprint density at radius 1 is 1.62 bits per heavy atom. The third-order valence-corrected chi connectivity index (χ3v) is 4.38. The van der Waals surface area contributed by atoms with Crippen LogP contribution in [0.1, 0.15) is 36.4 Å². The van der Waals surface area contributed by atoms with E-state index in [2.05, 4.69) is 10.3 Å². The molecule has 0 bridgehead atoms. The Morgan fingerprint density at radius 2 is 2.38 bits per heavy atom. The van der Waals surface area contributed by atoms with Crippen LogP contribution in [-0.4, -0.2) is 48.6 Å². The molecule has 0 saturated carbocycles. The van der Waals surface area contributed by atoms with E-state index in [1.807, 2.05) is 20.9 Å². The van der Waals surface area contributed by atoms with E-state index in [-0.39, 0.29) is 11.9 Å². The zero-order chi connectivity index (χ0) is 15.4. The lowest BCUT2D eigenvalue weighted by Crippen LogP contribution is -2.35. The molecule has 0 spiro atoms. The van der Waals surface area contributed by atoms with Crippen molar-refractivity contribution in [2.75, 3.05) is 37.9 Å². The molecule has 21 heavy (non-hydrogen) atoms. The SMILES string of the molecule is CC(C)Nc1nc(N)c(C(=O)N(C)CC2CCCOC2)s1. The zero-order valence-electron chi connectivity index (χ0n) is 12.9. The summed E-state index contributed by atoms with van der Waals surface area (Å²) in [5, 5.41) is 3.87. The van der Waals surface area contributed by atoms with Gasteiger partial charge in [0.25, 0.3) is 5.91 Å². The van der Waals surface area contributed by atoms with Crippen molar-refractivity contribution < 1.29 is 9.53 Å². The van der Waals surface area contributed by atoms with Crippen LogP contribution in [0.25, 0.3) is 0 Å². The topological polar surface area (TPSA) is 80.5 Å². The molecule has 1 aromatic rings. The highest BCUT2D eigenvalue weighted by Gasteiger charge is 2.23. The van der Waals surface area contributed by atoms with Crippen LogP contribution in [0.3, 0.4) is 0 Å². The van der Waals surface area contributed by atoms with Crippen LogP contribution in [0, 0.1) is 5.92 Å². The molecule has 2 rings (SSSR count). The van der Waals surface area contributed by atoms with Gasteiger partial charge in [-0.3, -0.25) is 4.79 Å². The third-order valence-electron chi connectivity index (χ3n) is 3.39. The highest BCUT2D eigenvalue weighted by molar-refractivity contribution is 7.18. The molecule has 7 heteroatoms. The third kappa shape index (κ3) is 4.31. The number of amides is 1. The van der Waals surface area contributed by atoms with E-state index in [1.54, 1.807) is 4.90 Å². The molecule has 1 unspecified atom stereocenters. The van der Waals surface area contributed by atoms with Crippen molar-refractivity contribution in [1.29, 1.82) is 0 Å². The first-order valence-corrected chi connectivity index (χ1v) is 8.15. The maximum absolute atomic E-state index is 12.5. The van der Waals surface area contributed by atoms with E-state index in [9.17, 15) is 4.79 Å². The monoisotopic (exact) mass is 312 g/mol. The minimum Gasteiger partial charge on any atom is -0.382 e. The highest BCUT2D eigenvalue weighted by atomic mass is 32.1. The number of aromatic nitrogens is 1. The number of nitrogen functional groups attached to an aromatic ring is 1. The molecule has 6 nitrogen and oxygen atoms in total. The Kier molecular flexibility index (Phi) is 5.41. The minimum atomic E-state index is -0.0626. The largest absolute Gasteiger partial charge is 0.382 e. The van der Waals surface area contributed by atoms with Gasteiger partial charge < -0.3 is 20.7 Å². The van der Waals surface area contributed by atoms with Crippen LogP contribution in [0.2, 0.25) is 0 Å². The molecular formula is C14H24N4O2S. The first-order chi connectivity index (χ1) is 9.97. The molecule has 1 amide bonds. The minimum absolute atomic E-state index is 0.0626. The lowest BCUT2D eigenvalue weighted by molar-refractivity contribution is 0.0390. The number of nitrogens with two attached hydrogens (primary N) is 1. The van der Waals surface area contributed by atoms with Crippen LogP contribution in [0.5, 0.6) is 0 Å². The van der Waals surface area contributed by atoms with E-state index in [4.69, 9.17) is 10.5 Å². The van der Waals surface area contributed by atoms with E-state index < -0.39 is 0 Å². The maximum Gasteiger partial charge on any atom is 0.267 e. The van der Waals surface area contributed by atoms with Crippen LogP contribution < -0.4 is 11.1 Å². The van der Waals surface area contributed by atoms with Crippen molar-refractivity contribution in [2.45, 2.75) is 32.7 Å². The van der Waals surface area contributed by atoms with E-state index in [1.165, 1.54) is 11.3 Å². The van der Waals surface area contributed by atoms with Crippen molar-refractivity contribution >= 4 is 28.2 Å². The molecule has 2 heterocycles. The van der Waals surface area contributed by atoms with Crippen LogP contribution >= 0.6 is 11.3 Å². The van der Waals surface area contributed by atoms with Crippen molar-refractivity contribution in [3.63, 3.8) is 0 Å². The Morgan fingerprint density at radius 3 is 3.00 bits per heavy atom. The molecule has 1 aliphatic heterocycles. The fourth-order valence-corrected chi connectivity index (χ4v) is 3.41. The van der Waals surface area contributed by atoms with Crippen LogP contribution in [0.4, 0.5) is 10.9 Å². The van der Waals surface area contributed by atoms with Gasteiger partial charge in [-0.2, -0.15) is 0 Å². The Hall–Kier alpha value is -1.34. The molecule has 118 valence electrons. The predicted octanol–water partition coefficient (Wildman–Crippen LogP) is 2.04. The van der Waals surface area contributed by atoms with Crippen LogP contribution in [0.15, 0.2) is 0 Å². The Balaban J connectivity index is 1.99. The summed E-state index contributed by atoms with van der Waals surface area (Å²) in [7, 11) is 1.81. The van der Waals surface area contributed by atoms with Gasteiger partial charge in [-0.1, -0.05) is 11.3 Å². The molecule has 0 aliphatic carbocycles. The lowest BCUT2D eigenvalue weighted by atomic mass is 10.0. The van der Waals surface area contributed by atoms with Crippen molar-refractivity contribution in [3.8, 4) is 0 Å². The van der Waals surface area contributed by atoms with Crippen LogP contribution in [-0.2, 0) is 4.74 Å². The summed E-state index contributed by atoms with van der Waals surface area (Å²) >= 11 is 1.32. The van der Waals surface area contributed by atoms with Gasteiger partial charge in [0.05, 0.1) is 6.61 Å². The van der Waals surface area contributed by atoms with E-state index in [0.29, 0.717) is 28.3 Å². The van der Waals surface area contributed by atoms with Gasteiger partial charge in [0.15, 0.2) is 5.13 Å². The maximum atomic E-state index is 12.5. The second kappa shape index (κ2) is 7.09. The van der Waals surface area contributed by atoms with Gasteiger partial charge in [0.2, 0.25) is 0 Å². The fraction of sp³-hybridized carbons (Fsp3) is 0.714. The van der Waals surface area contributed by atoms with Crippen molar-refractivity contribution in [3.05, 3.63) is 4.88 Å². The summed E-state index contributed by atoms with van der Waals surface area (Å²) in [4.78, 5) is 18.9. The molecule has 0 aromatic carbocycles. The molecule has 1 fully saturated rings. The summed E-state index contributed by atoms with van der Waals surface area (Å²) in [5.41, 5.74) is 5.88. The molecule has 1 aliphatic rings. The molecule has 1 saturated heterocycles. The number of hydrogen-bond donors (Lipinski definition) is 2. The quantitative estimate of drug-likeness (QED) is 0.869. The number of anilines is 2. The van der Waals surface area contributed by atoms with Crippen molar-refractivity contribution in [1.82, 2.24) is 9.88 Å². The average molecular weight is 312 g/mol. The number of carbonyl (C=O) groups is 1. The van der Waals surface area contributed by atoms with Gasteiger partial charge in [0, 0.05) is 26.2 Å². The fourth-order valence-electron chi connectivity index (χ4n) is 2.39. The number of rotatable bonds is 5. The van der Waals surface area contributed by atoms with Crippen molar-refractivity contribution in [2.24, 2.45) is 5.92 Å². The number of nitrogens with one attached hydrogen (secondary N) is 1. The molecule has 0 radical (unpaired) electrons. The standard InChI is InChI=1S/C14H24N4O2S/c1-9(2)16-14-17-12(15)11(21-14)13(19)18(3)7-10-5-4-6-20-8-10/h9-10H,4-8,15H2,1-3H3,(H,16,17). The molecule has 1 atom stereocenters. The molecular weight excluding hydrogens is 288 g/mol. The van der Waals surface area contributed by atoms with Gasteiger partial charge in [-0.15, -0.1) is 0 Å². The number of nitrogens with zero attached hydrogens (tertiary/aromatic N) is 2. The molecule has 1 aromatic heterocycles. The normalized spacial score (nSPS) is 18.8. The Bertz CT molecular complexity index is 483. The number of ether oxygens (including phenoxy) is 1.